The number of piperidine rings is 1. The number of sulfonamides is 1. The molecule has 1 aromatic rings. The van der Waals surface area contributed by atoms with E-state index in [1.807, 2.05) is 0 Å². The van der Waals surface area contributed by atoms with Crippen molar-refractivity contribution in [2.75, 3.05) is 39.8 Å². The number of amides is 1. The lowest BCUT2D eigenvalue weighted by atomic mass is 10.1. The number of nitrogens with one attached hydrogen (secondary N) is 1. The number of nitrogens with zero attached hydrogens (tertiary/aromatic N) is 3. The minimum absolute atomic E-state index is 0.0255. The number of carbonyl (C=O) groups excluding carboxylic acids is 1. The van der Waals surface area contributed by atoms with E-state index in [-0.39, 0.29) is 41.4 Å². The lowest BCUT2D eigenvalue weighted by Crippen LogP contribution is -2.57. The Morgan fingerprint density at radius 2 is 2.11 bits per heavy atom. The molecule has 1 amide bonds. The Kier molecular flexibility index (Phi) is 5.63. The molecule has 0 bridgehead atoms. The predicted molar refractivity (Wildman–Crippen MR) is 96.0 cm³/mol. The number of methoxy groups -OCH3 is 1. The van der Waals surface area contributed by atoms with E-state index in [4.69, 9.17) is 4.74 Å². The number of nitro benzene ring substituents is 1. The number of hydrogen-bond donors (Lipinski definition) is 1. The summed E-state index contributed by atoms with van der Waals surface area (Å²) < 4.78 is 32.4. The Morgan fingerprint density at radius 3 is 2.78 bits per heavy atom. The van der Waals surface area contributed by atoms with Crippen LogP contribution in [0, 0.1) is 10.1 Å². The predicted octanol–water partition coefficient (Wildman–Crippen LogP) is 0.188. The van der Waals surface area contributed by atoms with Gasteiger partial charge in [0.05, 0.1) is 23.5 Å². The van der Waals surface area contributed by atoms with Crippen molar-refractivity contribution < 1.29 is 22.9 Å². The minimum Gasteiger partial charge on any atom is -0.490 e. The van der Waals surface area contributed by atoms with Crippen LogP contribution in [0.2, 0.25) is 0 Å². The molecule has 2 heterocycles. The molecule has 0 aliphatic carbocycles. The molecule has 11 heteroatoms. The maximum atomic E-state index is 13.0. The van der Waals surface area contributed by atoms with Crippen molar-refractivity contribution in [1.82, 2.24) is 14.5 Å². The van der Waals surface area contributed by atoms with Gasteiger partial charge < -0.3 is 15.0 Å². The summed E-state index contributed by atoms with van der Waals surface area (Å²) in [5.41, 5.74) is -0.292. The first kappa shape index (κ1) is 19.5. The molecule has 2 aliphatic heterocycles. The molecule has 2 saturated heterocycles. The number of ether oxygens (including phenoxy) is 1. The Labute approximate surface area is 157 Å². The van der Waals surface area contributed by atoms with Crippen LogP contribution in [-0.4, -0.2) is 74.3 Å². The molecule has 0 saturated carbocycles. The molecule has 27 heavy (non-hydrogen) atoms. The van der Waals surface area contributed by atoms with Crippen LogP contribution in [0.1, 0.15) is 12.8 Å². The first-order valence-corrected chi connectivity index (χ1v) is 10.1. The summed E-state index contributed by atoms with van der Waals surface area (Å²) in [7, 11) is -2.59. The highest BCUT2D eigenvalue weighted by molar-refractivity contribution is 7.89. The summed E-state index contributed by atoms with van der Waals surface area (Å²) in [5, 5.41) is 14.0. The van der Waals surface area contributed by atoms with Gasteiger partial charge in [-0.2, -0.15) is 4.31 Å². The highest BCUT2D eigenvalue weighted by atomic mass is 32.2. The average molecular weight is 398 g/mol. The number of benzene rings is 1. The van der Waals surface area contributed by atoms with Gasteiger partial charge in [-0.3, -0.25) is 14.9 Å². The Hall–Kier alpha value is -2.24. The van der Waals surface area contributed by atoms with Crippen molar-refractivity contribution >= 4 is 21.6 Å². The van der Waals surface area contributed by atoms with E-state index in [0.717, 1.165) is 12.5 Å². The average Bonchev–Trinajstić information content (AvgIpc) is 2.67. The fourth-order valence-corrected chi connectivity index (χ4v) is 5.05. The molecule has 1 atom stereocenters. The molecule has 0 spiro atoms. The number of carbonyl (C=O) groups is 1. The fraction of sp³-hybridized carbons (Fsp3) is 0.562. The van der Waals surface area contributed by atoms with Gasteiger partial charge in [-0.1, -0.05) is 0 Å². The molecule has 148 valence electrons. The van der Waals surface area contributed by atoms with Crippen molar-refractivity contribution in [1.29, 1.82) is 0 Å². The molecular weight excluding hydrogens is 376 g/mol. The quantitative estimate of drug-likeness (QED) is 0.555. The van der Waals surface area contributed by atoms with Gasteiger partial charge in [0.1, 0.15) is 0 Å². The monoisotopic (exact) mass is 398 g/mol. The van der Waals surface area contributed by atoms with E-state index in [9.17, 15) is 23.3 Å². The van der Waals surface area contributed by atoms with Crippen LogP contribution < -0.4 is 10.1 Å². The van der Waals surface area contributed by atoms with Crippen LogP contribution in [0.25, 0.3) is 0 Å². The van der Waals surface area contributed by atoms with Gasteiger partial charge >= 0.3 is 5.69 Å². The van der Waals surface area contributed by atoms with Gasteiger partial charge in [0.2, 0.25) is 15.9 Å². The summed E-state index contributed by atoms with van der Waals surface area (Å²) in [6.07, 6.45) is 1.40. The van der Waals surface area contributed by atoms with Gasteiger partial charge in [0.15, 0.2) is 5.75 Å². The molecular formula is C16H22N4O6S. The molecule has 1 N–H and O–H groups in total. The number of hydrogen-bond acceptors (Lipinski definition) is 7. The Balaban J connectivity index is 1.84. The second-order valence-electron chi connectivity index (χ2n) is 6.51. The Morgan fingerprint density at radius 1 is 1.33 bits per heavy atom. The number of piperazine rings is 1. The molecule has 1 aromatic carbocycles. The first-order chi connectivity index (χ1) is 12.8. The number of rotatable bonds is 5. The zero-order valence-electron chi connectivity index (χ0n) is 15.0. The molecule has 2 aliphatic rings. The first-order valence-electron chi connectivity index (χ1n) is 8.67. The molecule has 0 radical (unpaired) electrons. The lowest BCUT2D eigenvalue weighted by molar-refractivity contribution is -0.385. The van der Waals surface area contributed by atoms with Crippen molar-refractivity contribution in [3.63, 3.8) is 0 Å². The van der Waals surface area contributed by atoms with Gasteiger partial charge in [0.25, 0.3) is 0 Å². The van der Waals surface area contributed by atoms with Crippen LogP contribution in [0.5, 0.6) is 5.75 Å². The Bertz CT molecular complexity index is 843. The molecule has 10 nitrogen and oxygen atoms in total. The smallest absolute Gasteiger partial charge is 0.310 e. The zero-order chi connectivity index (χ0) is 19.6. The SMILES string of the molecule is COc1cc(S(=O)(=O)N2CCCC(N3CCNCC3=O)C2)ccc1[N+](=O)[O-]. The van der Waals surface area contributed by atoms with Gasteiger partial charge in [-0.15, -0.1) is 0 Å². The lowest BCUT2D eigenvalue weighted by Gasteiger charge is -2.40. The number of nitro groups is 1. The summed E-state index contributed by atoms with van der Waals surface area (Å²) in [6, 6.07) is 3.36. The van der Waals surface area contributed by atoms with Crippen LogP contribution in [0.15, 0.2) is 23.1 Å². The largest absolute Gasteiger partial charge is 0.490 e. The standard InChI is InChI=1S/C16H22N4O6S/c1-26-15-9-13(4-5-14(15)20(22)23)27(24,25)18-7-2-3-12(11-18)19-8-6-17-10-16(19)21/h4-5,9,12,17H,2-3,6-8,10-11H2,1H3. The van der Waals surface area contributed by atoms with Crippen molar-refractivity contribution in [2.45, 2.75) is 23.8 Å². The van der Waals surface area contributed by atoms with Crippen LogP contribution >= 0.6 is 0 Å². The van der Waals surface area contributed by atoms with Gasteiger partial charge in [-0.25, -0.2) is 8.42 Å². The summed E-state index contributed by atoms with van der Waals surface area (Å²) >= 11 is 0. The van der Waals surface area contributed by atoms with E-state index < -0.39 is 14.9 Å². The van der Waals surface area contributed by atoms with E-state index in [2.05, 4.69) is 5.32 Å². The highest BCUT2D eigenvalue weighted by Gasteiger charge is 2.35. The topological polar surface area (TPSA) is 122 Å². The minimum atomic E-state index is -3.85. The highest BCUT2D eigenvalue weighted by Crippen LogP contribution is 2.31. The van der Waals surface area contributed by atoms with E-state index in [1.54, 1.807) is 4.90 Å². The van der Waals surface area contributed by atoms with Crippen molar-refractivity contribution in [3.05, 3.63) is 28.3 Å². The third kappa shape index (κ3) is 3.89. The fourth-order valence-electron chi connectivity index (χ4n) is 3.52. The van der Waals surface area contributed by atoms with Crippen molar-refractivity contribution in [3.8, 4) is 5.75 Å². The second-order valence-corrected chi connectivity index (χ2v) is 8.45. The summed E-state index contributed by atoms with van der Waals surface area (Å²) in [5.74, 6) is -0.130. The summed E-state index contributed by atoms with van der Waals surface area (Å²) in [4.78, 5) is 24.2. The zero-order valence-corrected chi connectivity index (χ0v) is 15.8. The van der Waals surface area contributed by atoms with E-state index in [0.29, 0.717) is 26.1 Å². The maximum absolute atomic E-state index is 13.0. The van der Waals surface area contributed by atoms with Gasteiger partial charge in [0, 0.05) is 44.4 Å². The van der Waals surface area contributed by atoms with E-state index in [1.165, 1.54) is 23.5 Å². The maximum Gasteiger partial charge on any atom is 0.310 e. The van der Waals surface area contributed by atoms with Crippen LogP contribution in [0.3, 0.4) is 0 Å². The van der Waals surface area contributed by atoms with Crippen LogP contribution in [-0.2, 0) is 14.8 Å². The van der Waals surface area contributed by atoms with Gasteiger partial charge in [-0.05, 0) is 18.9 Å². The third-order valence-corrected chi connectivity index (χ3v) is 6.77. The van der Waals surface area contributed by atoms with E-state index >= 15 is 0 Å². The molecule has 1 unspecified atom stereocenters. The molecule has 0 aromatic heterocycles. The summed E-state index contributed by atoms with van der Waals surface area (Å²) in [6.45, 7) is 2.08. The normalized spacial score (nSPS) is 21.9. The van der Waals surface area contributed by atoms with Crippen LogP contribution in [0.4, 0.5) is 5.69 Å². The third-order valence-electron chi connectivity index (χ3n) is 4.91. The second kappa shape index (κ2) is 7.79. The molecule has 3 rings (SSSR count). The van der Waals surface area contributed by atoms with Crippen molar-refractivity contribution in [2.24, 2.45) is 0 Å². The molecule has 2 fully saturated rings.